The average molecular weight is 268 g/mol. The number of anilines is 1. The summed E-state index contributed by atoms with van der Waals surface area (Å²) in [6.07, 6.45) is -0.0798. The van der Waals surface area contributed by atoms with Gasteiger partial charge in [-0.05, 0) is 51.0 Å². The first-order chi connectivity index (χ1) is 8.81. The van der Waals surface area contributed by atoms with Crippen LogP contribution in [0.4, 0.5) is 10.5 Å². The zero-order valence-electron chi connectivity index (χ0n) is 11.4. The molecule has 0 aliphatic rings. The van der Waals surface area contributed by atoms with Crippen molar-refractivity contribution in [3.63, 3.8) is 0 Å². The van der Waals surface area contributed by atoms with E-state index in [4.69, 9.17) is 10.6 Å². The molecule has 0 unspecified atom stereocenters. The quantitative estimate of drug-likeness (QED) is 0.574. The summed E-state index contributed by atoms with van der Waals surface area (Å²) in [7, 11) is 0. The molecule has 0 spiro atoms. The van der Waals surface area contributed by atoms with E-state index >= 15 is 0 Å². The Morgan fingerprint density at radius 3 is 2.68 bits per heavy atom. The van der Waals surface area contributed by atoms with Gasteiger partial charge in [0.1, 0.15) is 11.4 Å². The lowest BCUT2D eigenvalue weighted by molar-refractivity contribution is 0.0635. The van der Waals surface area contributed by atoms with Gasteiger partial charge < -0.3 is 14.7 Å². The average Bonchev–Trinajstić information content (AvgIpc) is 2.27. The fourth-order valence-corrected chi connectivity index (χ4v) is 1.49. The number of hydrogen-bond donors (Lipinski definition) is 3. The molecule has 0 bridgehead atoms. The summed E-state index contributed by atoms with van der Waals surface area (Å²) in [5.74, 6) is 5.09. The summed E-state index contributed by atoms with van der Waals surface area (Å²) >= 11 is 0. The molecule has 6 heteroatoms. The number of carbonyl (C=O) groups excluding carboxylic acids is 1. The fraction of sp³-hybridized carbons (Fsp3) is 0.462. The van der Waals surface area contributed by atoms with Gasteiger partial charge in [0.15, 0.2) is 0 Å². The van der Waals surface area contributed by atoms with Crippen molar-refractivity contribution in [3.05, 3.63) is 23.8 Å². The van der Waals surface area contributed by atoms with Crippen LogP contribution in [0.5, 0.6) is 5.75 Å². The molecule has 0 fully saturated rings. The van der Waals surface area contributed by atoms with Gasteiger partial charge in [0.05, 0.1) is 6.61 Å². The summed E-state index contributed by atoms with van der Waals surface area (Å²) in [6, 6.07) is 4.64. The van der Waals surface area contributed by atoms with Crippen LogP contribution in [-0.4, -0.2) is 23.4 Å². The third-order valence-corrected chi connectivity index (χ3v) is 2.21. The SMILES string of the molecule is CC(C)(C)OC(=O)Nc1ccc(O)cc1CCON. The zero-order chi connectivity index (χ0) is 14.5. The monoisotopic (exact) mass is 268 g/mol. The molecule has 0 aliphatic carbocycles. The van der Waals surface area contributed by atoms with Gasteiger partial charge >= 0.3 is 6.09 Å². The molecule has 4 N–H and O–H groups in total. The Kier molecular flexibility index (Phi) is 5.14. The van der Waals surface area contributed by atoms with Crippen LogP contribution in [0.2, 0.25) is 0 Å². The van der Waals surface area contributed by atoms with Crippen LogP contribution in [0, 0.1) is 0 Å². The van der Waals surface area contributed by atoms with E-state index in [9.17, 15) is 9.90 Å². The molecule has 0 saturated carbocycles. The maximum Gasteiger partial charge on any atom is 0.412 e. The molecule has 1 rings (SSSR count). The smallest absolute Gasteiger partial charge is 0.412 e. The Balaban J connectivity index is 2.79. The first-order valence-electron chi connectivity index (χ1n) is 5.95. The number of phenols is 1. The summed E-state index contributed by atoms with van der Waals surface area (Å²) in [6.45, 7) is 5.64. The number of rotatable bonds is 4. The summed E-state index contributed by atoms with van der Waals surface area (Å²) in [5.41, 5.74) is 0.710. The second kappa shape index (κ2) is 6.40. The van der Waals surface area contributed by atoms with Crippen LogP contribution in [0.1, 0.15) is 26.3 Å². The van der Waals surface area contributed by atoms with E-state index in [0.717, 1.165) is 5.56 Å². The molecular weight excluding hydrogens is 248 g/mol. The maximum absolute atomic E-state index is 11.7. The van der Waals surface area contributed by atoms with E-state index in [2.05, 4.69) is 10.2 Å². The first-order valence-corrected chi connectivity index (χ1v) is 5.95. The van der Waals surface area contributed by atoms with Gasteiger partial charge in [0.2, 0.25) is 0 Å². The molecule has 0 saturated heterocycles. The highest BCUT2D eigenvalue weighted by molar-refractivity contribution is 5.86. The van der Waals surface area contributed by atoms with Gasteiger partial charge in [-0.1, -0.05) is 0 Å². The number of aromatic hydroxyl groups is 1. The highest BCUT2D eigenvalue weighted by atomic mass is 16.6. The Bertz CT molecular complexity index is 441. The number of nitrogens with two attached hydrogens (primary N) is 1. The van der Waals surface area contributed by atoms with Gasteiger partial charge in [-0.15, -0.1) is 0 Å². The Labute approximate surface area is 112 Å². The van der Waals surface area contributed by atoms with Gasteiger partial charge in [-0.25, -0.2) is 10.7 Å². The van der Waals surface area contributed by atoms with Crippen molar-refractivity contribution in [2.75, 3.05) is 11.9 Å². The van der Waals surface area contributed by atoms with Crippen LogP contribution in [0.3, 0.4) is 0 Å². The Morgan fingerprint density at radius 2 is 2.11 bits per heavy atom. The molecule has 1 aromatic carbocycles. The molecule has 0 atom stereocenters. The van der Waals surface area contributed by atoms with Crippen LogP contribution in [0.15, 0.2) is 18.2 Å². The van der Waals surface area contributed by atoms with E-state index in [0.29, 0.717) is 12.1 Å². The molecule has 1 aromatic rings. The molecule has 0 aromatic heterocycles. The molecule has 106 valence electrons. The highest BCUT2D eigenvalue weighted by Crippen LogP contribution is 2.22. The van der Waals surface area contributed by atoms with Crippen LogP contribution in [0.25, 0.3) is 0 Å². The van der Waals surface area contributed by atoms with E-state index in [1.807, 2.05) is 0 Å². The normalized spacial score (nSPS) is 11.2. The third kappa shape index (κ3) is 5.58. The van der Waals surface area contributed by atoms with Gasteiger partial charge in [0, 0.05) is 5.69 Å². The van der Waals surface area contributed by atoms with Gasteiger partial charge in [-0.2, -0.15) is 0 Å². The minimum absolute atomic E-state index is 0.113. The highest BCUT2D eigenvalue weighted by Gasteiger charge is 2.17. The van der Waals surface area contributed by atoms with E-state index in [1.54, 1.807) is 32.9 Å². The Morgan fingerprint density at radius 1 is 1.42 bits per heavy atom. The molecule has 0 aliphatic heterocycles. The van der Waals surface area contributed by atoms with Crippen molar-refractivity contribution in [2.45, 2.75) is 32.8 Å². The van der Waals surface area contributed by atoms with Crippen molar-refractivity contribution in [1.29, 1.82) is 0 Å². The number of benzene rings is 1. The summed E-state index contributed by atoms with van der Waals surface area (Å²) < 4.78 is 5.16. The van der Waals surface area contributed by atoms with Crippen molar-refractivity contribution in [3.8, 4) is 5.75 Å². The van der Waals surface area contributed by atoms with Gasteiger partial charge in [-0.3, -0.25) is 5.32 Å². The third-order valence-electron chi connectivity index (χ3n) is 2.21. The molecule has 6 nitrogen and oxygen atoms in total. The number of ether oxygens (including phenoxy) is 1. The molecule has 1 amide bonds. The molecule has 0 radical (unpaired) electrons. The second-order valence-corrected chi connectivity index (χ2v) is 5.09. The molecule has 0 heterocycles. The lowest BCUT2D eigenvalue weighted by Crippen LogP contribution is -2.27. The van der Waals surface area contributed by atoms with Crippen molar-refractivity contribution < 1.29 is 19.5 Å². The Hall–Kier alpha value is -1.79. The maximum atomic E-state index is 11.7. The molecule has 19 heavy (non-hydrogen) atoms. The number of nitrogens with one attached hydrogen (secondary N) is 1. The standard InChI is InChI=1S/C13H20N2O4/c1-13(2,3)19-12(17)15-11-5-4-10(16)8-9(11)6-7-18-14/h4-5,8,16H,6-7,14H2,1-3H3,(H,15,17). The van der Waals surface area contributed by atoms with Gasteiger partial charge in [0.25, 0.3) is 0 Å². The fourth-order valence-electron chi connectivity index (χ4n) is 1.49. The predicted octanol–water partition coefficient (Wildman–Crippen LogP) is 2.17. The van der Waals surface area contributed by atoms with Crippen LogP contribution in [-0.2, 0) is 16.0 Å². The van der Waals surface area contributed by atoms with E-state index in [1.165, 1.54) is 6.07 Å². The first kappa shape index (κ1) is 15.3. The minimum Gasteiger partial charge on any atom is -0.508 e. The largest absolute Gasteiger partial charge is 0.508 e. The summed E-state index contributed by atoms with van der Waals surface area (Å²) in [5, 5.41) is 12.1. The second-order valence-electron chi connectivity index (χ2n) is 5.09. The molecular formula is C13H20N2O4. The minimum atomic E-state index is -0.568. The topological polar surface area (TPSA) is 93.8 Å². The zero-order valence-corrected chi connectivity index (χ0v) is 11.4. The number of carbonyl (C=O) groups is 1. The van der Waals surface area contributed by atoms with Crippen molar-refractivity contribution >= 4 is 11.8 Å². The van der Waals surface area contributed by atoms with Crippen LogP contribution < -0.4 is 11.2 Å². The summed E-state index contributed by atoms with van der Waals surface area (Å²) in [4.78, 5) is 16.2. The van der Waals surface area contributed by atoms with Crippen molar-refractivity contribution in [1.82, 2.24) is 0 Å². The number of phenolic OH excluding ortho intramolecular Hbond substituents is 1. The van der Waals surface area contributed by atoms with E-state index in [-0.39, 0.29) is 12.4 Å². The van der Waals surface area contributed by atoms with Crippen LogP contribution >= 0.6 is 0 Å². The lowest BCUT2D eigenvalue weighted by atomic mass is 10.1. The number of amides is 1. The predicted molar refractivity (Wildman–Crippen MR) is 71.8 cm³/mol. The lowest BCUT2D eigenvalue weighted by Gasteiger charge is -2.20. The van der Waals surface area contributed by atoms with Crippen molar-refractivity contribution in [2.24, 2.45) is 5.90 Å². The van der Waals surface area contributed by atoms with E-state index < -0.39 is 11.7 Å². The number of hydrogen-bond acceptors (Lipinski definition) is 5.